The molecule has 1 aromatic carbocycles. The smallest absolute Gasteiger partial charge is 0.338 e. The van der Waals surface area contributed by atoms with Crippen LogP contribution in [0.4, 0.5) is 0 Å². The third kappa shape index (κ3) is 1.71. The van der Waals surface area contributed by atoms with Gasteiger partial charge in [-0.1, -0.05) is 19.1 Å². The molecule has 0 saturated heterocycles. The van der Waals surface area contributed by atoms with E-state index in [1.807, 2.05) is 12.1 Å². The van der Waals surface area contributed by atoms with E-state index in [4.69, 9.17) is 4.74 Å². The molecule has 2 rings (SSSR count). The van der Waals surface area contributed by atoms with Crippen molar-refractivity contribution in [2.24, 2.45) is 0 Å². The Kier molecular flexibility index (Phi) is 2.97. The first-order valence-electron chi connectivity index (χ1n) is 5.63. The Morgan fingerprint density at radius 3 is 3.00 bits per heavy atom. The van der Waals surface area contributed by atoms with Gasteiger partial charge in [-0.15, -0.1) is 0 Å². The molecule has 0 fully saturated rings. The zero-order chi connectivity index (χ0) is 11.7. The van der Waals surface area contributed by atoms with Crippen molar-refractivity contribution in [2.45, 2.75) is 32.3 Å². The number of fused-ring (bicyclic) bond motifs is 1. The van der Waals surface area contributed by atoms with Crippen LogP contribution in [-0.2, 0) is 4.74 Å². The normalized spacial score (nSPS) is 22.9. The number of carbonyl (C=O) groups excluding carboxylic acids is 1. The zero-order valence-corrected chi connectivity index (χ0v) is 9.56. The Hall–Kier alpha value is -1.35. The number of aliphatic hydroxyl groups excluding tert-OH is 1. The van der Waals surface area contributed by atoms with Crippen molar-refractivity contribution in [1.29, 1.82) is 0 Å². The van der Waals surface area contributed by atoms with Gasteiger partial charge >= 0.3 is 5.97 Å². The molecule has 0 heterocycles. The molecule has 3 heteroatoms. The van der Waals surface area contributed by atoms with Crippen LogP contribution in [0.2, 0.25) is 0 Å². The Bertz CT molecular complexity index is 412. The van der Waals surface area contributed by atoms with Gasteiger partial charge in [-0.2, -0.15) is 0 Å². The number of rotatable bonds is 2. The van der Waals surface area contributed by atoms with Gasteiger partial charge in [0.2, 0.25) is 0 Å². The third-order valence-corrected chi connectivity index (χ3v) is 3.08. The number of esters is 1. The highest BCUT2D eigenvalue weighted by Gasteiger charge is 2.31. The topological polar surface area (TPSA) is 46.5 Å². The number of aliphatic hydroxyl groups is 1. The maximum Gasteiger partial charge on any atom is 0.338 e. The van der Waals surface area contributed by atoms with Crippen LogP contribution < -0.4 is 0 Å². The molecule has 2 unspecified atom stereocenters. The van der Waals surface area contributed by atoms with Crippen LogP contribution >= 0.6 is 0 Å². The number of carbonyl (C=O) groups is 1. The van der Waals surface area contributed by atoms with E-state index in [0.717, 1.165) is 11.1 Å². The van der Waals surface area contributed by atoms with Gasteiger partial charge in [0.1, 0.15) is 0 Å². The van der Waals surface area contributed by atoms with Crippen LogP contribution in [0, 0.1) is 0 Å². The van der Waals surface area contributed by atoms with E-state index in [0.29, 0.717) is 24.5 Å². The van der Waals surface area contributed by atoms with Crippen LogP contribution in [0.25, 0.3) is 0 Å². The molecule has 2 atom stereocenters. The molecule has 86 valence electrons. The molecule has 0 radical (unpaired) electrons. The van der Waals surface area contributed by atoms with Gasteiger partial charge in [-0.25, -0.2) is 4.79 Å². The minimum Gasteiger partial charge on any atom is -0.462 e. The summed E-state index contributed by atoms with van der Waals surface area (Å²) >= 11 is 0. The average Bonchev–Trinajstić information content (AvgIpc) is 2.55. The molecular formula is C13H16O3. The fourth-order valence-electron chi connectivity index (χ4n) is 2.35. The third-order valence-electron chi connectivity index (χ3n) is 3.08. The molecule has 0 spiro atoms. The van der Waals surface area contributed by atoms with Crippen LogP contribution in [0.15, 0.2) is 18.2 Å². The summed E-state index contributed by atoms with van der Waals surface area (Å²) in [4.78, 5) is 11.7. The van der Waals surface area contributed by atoms with Crippen LogP contribution in [0.5, 0.6) is 0 Å². The summed E-state index contributed by atoms with van der Waals surface area (Å²) in [5.41, 5.74) is 2.34. The van der Waals surface area contributed by atoms with Gasteiger partial charge in [-0.3, -0.25) is 0 Å². The van der Waals surface area contributed by atoms with Crippen LogP contribution in [0.3, 0.4) is 0 Å². The summed E-state index contributed by atoms with van der Waals surface area (Å²) in [7, 11) is 0. The molecule has 0 saturated carbocycles. The van der Waals surface area contributed by atoms with E-state index in [1.165, 1.54) is 0 Å². The molecule has 0 aromatic heterocycles. The van der Waals surface area contributed by atoms with Crippen molar-refractivity contribution in [3.05, 3.63) is 34.9 Å². The quantitative estimate of drug-likeness (QED) is 0.778. The lowest BCUT2D eigenvalue weighted by Gasteiger charge is -2.10. The maximum atomic E-state index is 11.7. The van der Waals surface area contributed by atoms with E-state index in [1.54, 1.807) is 13.0 Å². The molecule has 1 aliphatic carbocycles. The minimum absolute atomic E-state index is 0.305. The highest BCUT2D eigenvalue weighted by atomic mass is 16.5. The molecule has 1 N–H and O–H groups in total. The molecule has 0 bridgehead atoms. The van der Waals surface area contributed by atoms with E-state index < -0.39 is 6.10 Å². The lowest BCUT2D eigenvalue weighted by Crippen LogP contribution is -2.09. The highest BCUT2D eigenvalue weighted by molar-refractivity contribution is 5.92. The van der Waals surface area contributed by atoms with Crippen molar-refractivity contribution in [2.75, 3.05) is 6.61 Å². The van der Waals surface area contributed by atoms with Crippen molar-refractivity contribution in [3.8, 4) is 0 Å². The van der Waals surface area contributed by atoms with Gasteiger partial charge < -0.3 is 9.84 Å². The summed E-state index contributed by atoms with van der Waals surface area (Å²) in [6.07, 6.45) is 0.150. The Labute approximate surface area is 95.0 Å². The monoisotopic (exact) mass is 220 g/mol. The van der Waals surface area contributed by atoms with Crippen molar-refractivity contribution >= 4 is 5.97 Å². The second-order valence-corrected chi connectivity index (χ2v) is 4.18. The largest absolute Gasteiger partial charge is 0.462 e. The van der Waals surface area contributed by atoms with E-state index in [9.17, 15) is 9.90 Å². The SMILES string of the molecule is CCOC(=O)c1cccc2c1C(O)CC2C. The predicted octanol–water partition coefficient (Wildman–Crippen LogP) is 2.40. The van der Waals surface area contributed by atoms with Crippen molar-refractivity contribution in [3.63, 3.8) is 0 Å². The number of hydrogen-bond donors (Lipinski definition) is 1. The second-order valence-electron chi connectivity index (χ2n) is 4.18. The molecule has 3 nitrogen and oxygen atoms in total. The molecular weight excluding hydrogens is 204 g/mol. The number of ether oxygens (including phenoxy) is 1. The van der Waals surface area contributed by atoms with Gasteiger partial charge in [0.05, 0.1) is 18.3 Å². The number of benzene rings is 1. The van der Waals surface area contributed by atoms with Gasteiger partial charge in [0.25, 0.3) is 0 Å². The summed E-state index contributed by atoms with van der Waals surface area (Å²) in [5, 5.41) is 9.94. The van der Waals surface area contributed by atoms with E-state index in [-0.39, 0.29) is 5.97 Å². The minimum atomic E-state index is -0.536. The summed E-state index contributed by atoms with van der Waals surface area (Å²) in [6.45, 7) is 4.19. The molecule has 0 aliphatic heterocycles. The Balaban J connectivity index is 2.45. The van der Waals surface area contributed by atoms with Crippen LogP contribution in [0.1, 0.15) is 53.8 Å². The fourth-order valence-corrected chi connectivity index (χ4v) is 2.35. The van der Waals surface area contributed by atoms with Gasteiger partial charge in [-0.05, 0) is 36.5 Å². The lowest BCUT2D eigenvalue weighted by atomic mass is 9.99. The molecule has 1 aliphatic rings. The van der Waals surface area contributed by atoms with Gasteiger partial charge in [0.15, 0.2) is 0 Å². The fraction of sp³-hybridized carbons (Fsp3) is 0.462. The molecule has 0 amide bonds. The first-order valence-corrected chi connectivity index (χ1v) is 5.63. The Morgan fingerprint density at radius 2 is 2.31 bits per heavy atom. The molecule has 16 heavy (non-hydrogen) atoms. The summed E-state index contributed by atoms with van der Waals surface area (Å²) < 4.78 is 4.99. The maximum absolute atomic E-state index is 11.7. The zero-order valence-electron chi connectivity index (χ0n) is 9.56. The summed E-state index contributed by atoms with van der Waals surface area (Å²) in [5.74, 6) is -0.0353. The Morgan fingerprint density at radius 1 is 1.56 bits per heavy atom. The first kappa shape index (κ1) is 11.1. The van der Waals surface area contributed by atoms with Crippen molar-refractivity contribution < 1.29 is 14.6 Å². The van der Waals surface area contributed by atoms with Gasteiger partial charge in [0, 0.05) is 0 Å². The molecule has 1 aromatic rings. The standard InChI is InChI=1S/C13H16O3/c1-3-16-13(15)10-6-4-5-9-8(2)7-11(14)12(9)10/h4-6,8,11,14H,3,7H2,1-2H3. The van der Waals surface area contributed by atoms with E-state index >= 15 is 0 Å². The first-order chi connectivity index (χ1) is 7.65. The summed E-state index contributed by atoms with van der Waals surface area (Å²) in [6, 6.07) is 5.54. The number of hydrogen-bond acceptors (Lipinski definition) is 3. The lowest BCUT2D eigenvalue weighted by molar-refractivity contribution is 0.0519. The van der Waals surface area contributed by atoms with Crippen molar-refractivity contribution in [1.82, 2.24) is 0 Å². The van der Waals surface area contributed by atoms with E-state index in [2.05, 4.69) is 6.92 Å². The predicted molar refractivity (Wildman–Crippen MR) is 60.4 cm³/mol. The average molecular weight is 220 g/mol. The highest BCUT2D eigenvalue weighted by Crippen LogP contribution is 2.41. The second kappa shape index (κ2) is 4.26. The van der Waals surface area contributed by atoms with Crippen LogP contribution in [-0.4, -0.2) is 17.7 Å².